The molecule has 7 nitrogen and oxygen atoms in total. The van der Waals surface area contributed by atoms with Crippen LogP contribution in [0.5, 0.6) is 0 Å². The molecule has 0 aromatic heterocycles. The Morgan fingerprint density at radius 1 is 0.969 bits per heavy atom. The number of nitrogens with one attached hydrogen (secondary N) is 2. The number of carbonyl (C=O) groups excluding carboxylic acids is 3. The molecule has 0 saturated carbocycles. The number of imide groups is 1. The lowest BCUT2D eigenvalue weighted by atomic mass is 9.87. The van der Waals surface area contributed by atoms with Gasteiger partial charge in [0.05, 0.1) is 12.2 Å². The third kappa shape index (κ3) is 3.69. The second-order valence-electron chi connectivity index (χ2n) is 8.15. The van der Waals surface area contributed by atoms with E-state index < -0.39 is 0 Å². The van der Waals surface area contributed by atoms with E-state index in [2.05, 4.69) is 10.6 Å². The summed E-state index contributed by atoms with van der Waals surface area (Å²) in [5.41, 5.74) is 2.25. The van der Waals surface area contributed by atoms with Gasteiger partial charge in [0.15, 0.2) is 0 Å². The topological polar surface area (TPSA) is 81.8 Å². The Kier molecular flexibility index (Phi) is 6.10. The van der Waals surface area contributed by atoms with Crippen LogP contribution in [-0.4, -0.2) is 61.5 Å². The van der Waals surface area contributed by atoms with Crippen molar-refractivity contribution in [2.24, 2.45) is 0 Å². The molecule has 166 valence electrons. The van der Waals surface area contributed by atoms with E-state index in [-0.39, 0.29) is 24.5 Å². The van der Waals surface area contributed by atoms with Gasteiger partial charge < -0.3 is 10.2 Å². The molecule has 0 fully saturated rings. The fourth-order valence-electron chi connectivity index (χ4n) is 4.44. The van der Waals surface area contributed by atoms with E-state index in [0.717, 1.165) is 39.9 Å². The Bertz CT molecular complexity index is 1220. The van der Waals surface area contributed by atoms with Crippen LogP contribution in [0.1, 0.15) is 39.1 Å². The molecule has 0 radical (unpaired) electrons. The van der Waals surface area contributed by atoms with Gasteiger partial charge in [0.1, 0.15) is 0 Å². The SMILES string of the molecule is CNC(=O)N(C)CCCCNCN1C(=O)c2cccc3c(C)c4ccccc4c(c23)C1=O. The molecule has 32 heavy (non-hydrogen) atoms. The van der Waals surface area contributed by atoms with Gasteiger partial charge in [-0.25, -0.2) is 4.79 Å². The van der Waals surface area contributed by atoms with E-state index in [0.29, 0.717) is 24.2 Å². The summed E-state index contributed by atoms with van der Waals surface area (Å²) in [5.74, 6) is -0.531. The van der Waals surface area contributed by atoms with Crippen LogP contribution in [0.15, 0.2) is 42.5 Å². The number of benzene rings is 3. The first-order valence-electron chi connectivity index (χ1n) is 10.9. The van der Waals surface area contributed by atoms with Gasteiger partial charge in [0, 0.05) is 31.6 Å². The Hall–Kier alpha value is -3.45. The van der Waals surface area contributed by atoms with Gasteiger partial charge in [-0.05, 0) is 54.1 Å². The first-order valence-corrected chi connectivity index (χ1v) is 10.9. The Morgan fingerprint density at radius 2 is 1.69 bits per heavy atom. The predicted molar refractivity (Wildman–Crippen MR) is 126 cm³/mol. The van der Waals surface area contributed by atoms with Crippen molar-refractivity contribution >= 4 is 39.4 Å². The molecule has 4 rings (SSSR count). The maximum Gasteiger partial charge on any atom is 0.316 e. The molecule has 2 N–H and O–H groups in total. The van der Waals surface area contributed by atoms with Gasteiger partial charge in [-0.1, -0.05) is 36.4 Å². The van der Waals surface area contributed by atoms with Crippen molar-refractivity contribution < 1.29 is 14.4 Å². The normalized spacial score (nSPS) is 13.2. The molecule has 7 heteroatoms. The molecular formula is C25H28N4O3. The standard InChI is InChI=1S/C25H28N4O3/c1-16-17-9-4-5-10-19(17)22-21-18(16)11-8-12-20(21)23(30)29(24(22)31)15-27-13-6-7-14-28(3)25(32)26-2/h4-5,8-12,27H,6-7,13-15H2,1-3H3,(H,26,32). The van der Waals surface area contributed by atoms with Gasteiger partial charge in [0.25, 0.3) is 11.8 Å². The number of hydrogen-bond acceptors (Lipinski definition) is 4. The highest BCUT2D eigenvalue weighted by Gasteiger charge is 2.34. The number of amides is 4. The summed E-state index contributed by atoms with van der Waals surface area (Å²) in [6.07, 6.45) is 1.65. The Balaban J connectivity index is 1.52. The van der Waals surface area contributed by atoms with Crippen molar-refractivity contribution in [3.8, 4) is 0 Å². The second-order valence-corrected chi connectivity index (χ2v) is 8.15. The molecule has 1 aliphatic heterocycles. The largest absolute Gasteiger partial charge is 0.341 e. The third-order valence-electron chi connectivity index (χ3n) is 6.18. The molecule has 0 spiro atoms. The smallest absolute Gasteiger partial charge is 0.316 e. The fourth-order valence-corrected chi connectivity index (χ4v) is 4.44. The van der Waals surface area contributed by atoms with E-state index in [1.807, 2.05) is 43.3 Å². The second kappa shape index (κ2) is 8.96. The molecule has 0 atom stereocenters. The van der Waals surface area contributed by atoms with Gasteiger partial charge >= 0.3 is 6.03 Å². The third-order valence-corrected chi connectivity index (χ3v) is 6.18. The van der Waals surface area contributed by atoms with Crippen LogP contribution in [0.25, 0.3) is 21.5 Å². The summed E-state index contributed by atoms with van der Waals surface area (Å²) in [7, 11) is 3.36. The molecular weight excluding hydrogens is 404 g/mol. The summed E-state index contributed by atoms with van der Waals surface area (Å²) in [6, 6.07) is 13.4. The van der Waals surface area contributed by atoms with Crippen molar-refractivity contribution in [1.82, 2.24) is 20.4 Å². The number of aryl methyl sites for hydroxylation is 1. The Morgan fingerprint density at radius 3 is 2.44 bits per heavy atom. The van der Waals surface area contributed by atoms with Gasteiger partial charge in [-0.15, -0.1) is 0 Å². The lowest BCUT2D eigenvalue weighted by Gasteiger charge is -2.29. The molecule has 3 aromatic rings. The van der Waals surface area contributed by atoms with Crippen molar-refractivity contribution in [3.63, 3.8) is 0 Å². The molecule has 0 aliphatic carbocycles. The zero-order valence-electron chi connectivity index (χ0n) is 18.7. The van der Waals surface area contributed by atoms with E-state index in [9.17, 15) is 14.4 Å². The van der Waals surface area contributed by atoms with Crippen molar-refractivity contribution in [2.45, 2.75) is 19.8 Å². The highest BCUT2D eigenvalue weighted by atomic mass is 16.2. The minimum absolute atomic E-state index is 0.113. The van der Waals surface area contributed by atoms with E-state index in [1.165, 1.54) is 4.90 Å². The van der Waals surface area contributed by atoms with Crippen LogP contribution in [0.2, 0.25) is 0 Å². The number of unbranched alkanes of at least 4 members (excludes halogenated alkanes) is 1. The first kappa shape index (κ1) is 21.8. The van der Waals surface area contributed by atoms with Crippen molar-refractivity contribution in [3.05, 3.63) is 59.2 Å². The predicted octanol–water partition coefficient (Wildman–Crippen LogP) is 3.50. The van der Waals surface area contributed by atoms with Crippen LogP contribution in [-0.2, 0) is 0 Å². The molecule has 4 amide bonds. The van der Waals surface area contributed by atoms with Crippen LogP contribution >= 0.6 is 0 Å². The average Bonchev–Trinajstić information content (AvgIpc) is 2.81. The molecule has 3 aromatic carbocycles. The van der Waals surface area contributed by atoms with Crippen LogP contribution < -0.4 is 10.6 Å². The number of fused-ring (bicyclic) bond motifs is 2. The lowest BCUT2D eigenvalue weighted by molar-refractivity contribution is 0.0599. The zero-order chi connectivity index (χ0) is 22.8. The van der Waals surface area contributed by atoms with Crippen molar-refractivity contribution in [1.29, 1.82) is 0 Å². The molecule has 0 unspecified atom stereocenters. The first-order chi connectivity index (χ1) is 15.5. The number of hydrogen-bond donors (Lipinski definition) is 2. The molecule has 0 bridgehead atoms. The highest BCUT2D eigenvalue weighted by molar-refractivity contribution is 6.31. The van der Waals surface area contributed by atoms with E-state index in [1.54, 1.807) is 25.1 Å². The van der Waals surface area contributed by atoms with Crippen LogP contribution in [0, 0.1) is 6.92 Å². The summed E-state index contributed by atoms with van der Waals surface area (Å²) < 4.78 is 0. The van der Waals surface area contributed by atoms with Gasteiger partial charge in [0.2, 0.25) is 0 Å². The number of rotatable bonds is 7. The van der Waals surface area contributed by atoms with E-state index in [4.69, 9.17) is 0 Å². The lowest BCUT2D eigenvalue weighted by Crippen LogP contribution is -2.45. The maximum atomic E-state index is 13.5. The maximum absolute atomic E-state index is 13.5. The number of urea groups is 1. The summed E-state index contributed by atoms with van der Waals surface area (Å²) in [6.45, 7) is 3.48. The van der Waals surface area contributed by atoms with Crippen LogP contribution in [0.3, 0.4) is 0 Å². The summed E-state index contributed by atoms with van der Waals surface area (Å²) in [5, 5.41) is 9.43. The van der Waals surface area contributed by atoms with Crippen LogP contribution in [0.4, 0.5) is 4.79 Å². The van der Waals surface area contributed by atoms with Gasteiger partial charge in [-0.3, -0.25) is 19.8 Å². The van der Waals surface area contributed by atoms with Crippen molar-refractivity contribution in [2.75, 3.05) is 33.9 Å². The Labute approximate surface area is 187 Å². The minimum atomic E-state index is -0.269. The molecule has 0 saturated heterocycles. The summed E-state index contributed by atoms with van der Waals surface area (Å²) >= 11 is 0. The molecule has 1 heterocycles. The monoisotopic (exact) mass is 432 g/mol. The minimum Gasteiger partial charge on any atom is -0.341 e. The van der Waals surface area contributed by atoms with Gasteiger partial charge in [-0.2, -0.15) is 0 Å². The summed E-state index contributed by atoms with van der Waals surface area (Å²) in [4.78, 5) is 41.1. The zero-order valence-corrected chi connectivity index (χ0v) is 18.7. The quantitative estimate of drug-likeness (QED) is 0.340. The average molecular weight is 433 g/mol. The number of nitrogens with zero attached hydrogens (tertiary/aromatic N) is 2. The molecule has 1 aliphatic rings. The highest BCUT2D eigenvalue weighted by Crippen LogP contribution is 2.38. The van der Waals surface area contributed by atoms with E-state index >= 15 is 0 Å². The fraction of sp³-hybridized carbons (Fsp3) is 0.320. The number of carbonyl (C=O) groups is 3.